The summed E-state index contributed by atoms with van der Waals surface area (Å²) in [6.45, 7) is 6.14. The molecular formula is C14H21BrN2O3S. The molecular weight excluding hydrogens is 356 g/mol. The molecule has 2 unspecified atom stereocenters. The number of sulfonamides is 1. The quantitative estimate of drug-likeness (QED) is 0.825. The maximum Gasteiger partial charge on any atom is 0.240 e. The lowest BCUT2D eigenvalue weighted by Gasteiger charge is -2.30. The Morgan fingerprint density at radius 2 is 2.24 bits per heavy atom. The van der Waals surface area contributed by atoms with E-state index >= 15 is 0 Å². The first-order chi connectivity index (χ1) is 9.94. The first-order valence-corrected chi connectivity index (χ1v) is 9.37. The summed E-state index contributed by atoms with van der Waals surface area (Å²) < 4.78 is 33.8. The van der Waals surface area contributed by atoms with Gasteiger partial charge in [-0.15, -0.1) is 0 Å². The Morgan fingerprint density at radius 1 is 1.48 bits per heavy atom. The maximum atomic E-state index is 12.5. The number of ether oxygens (including phenoxy) is 1. The Hall–Kier alpha value is -0.630. The topological polar surface area (TPSA) is 67.4 Å². The lowest BCUT2D eigenvalue weighted by molar-refractivity contribution is 0.328. The molecule has 1 heterocycles. The molecule has 118 valence electrons. The molecule has 0 radical (unpaired) electrons. The molecule has 0 amide bonds. The molecule has 1 aromatic rings. The highest BCUT2D eigenvalue weighted by Crippen LogP contribution is 2.28. The third kappa shape index (κ3) is 4.18. The van der Waals surface area contributed by atoms with E-state index in [2.05, 4.69) is 26.0 Å². The van der Waals surface area contributed by atoms with Crippen molar-refractivity contribution in [3.63, 3.8) is 0 Å². The van der Waals surface area contributed by atoms with Gasteiger partial charge in [0, 0.05) is 6.04 Å². The molecule has 0 saturated carbocycles. The Kier molecular flexibility index (Phi) is 5.65. The number of nitrogens with one attached hydrogen (secondary N) is 2. The monoisotopic (exact) mass is 376 g/mol. The highest BCUT2D eigenvalue weighted by atomic mass is 79.9. The van der Waals surface area contributed by atoms with Crippen LogP contribution in [0.5, 0.6) is 5.75 Å². The van der Waals surface area contributed by atoms with E-state index in [0.29, 0.717) is 16.8 Å². The minimum absolute atomic E-state index is 0.0263. The third-order valence-corrected chi connectivity index (χ3v) is 5.71. The Bertz CT molecular complexity index is 592. The van der Waals surface area contributed by atoms with Crippen LogP contribution in [0.1, 0.15) is 20.3 Å². The molecule has 1 saturated heterocycles. The minimum Gasteiger partial charge on any atom is -0.493 e. The predicted molar refractivity (Wildman–Crippen MR) is 86.1 cm³/mol. The average molecular weight is 377 g/mol. The third-order valence-electron chi connectivity index (χ3n) is 3.61. The zero-order valence-electron chi connectivity index (χ0n) is 12.2. The van der Waals surface area contributed by atoms with E-state index in [0.717, 1.165) is 19.5 Å². The van der Waals surface area contributed by atoms with Crippen molar-refractivity contribution in [2.75, 3.05) is 19.7 Å². The van der Waals surface area contributed by atoms with Crippen molar-refractivity contribution < 1.29 is 13.2 Å². The zero-order valence-corrected chi connectivity index (χ0v) is 14.6. The van der Waals surface area contributed by atoms with Gasteiger partial charge in [-0.3, -0.25) is 0 Å². The standard InChI is InChI=1S/C14H21BrN2O3S/c1-3-20-14-5-4-11(8-12(14)15)21(18,19)17-13-6-7-16-9-10(13)2/h4-5,8,10,13,16-17H,3,6-7,9H2,1-2H3. The van der Waals surface area contributed by atoms with E-state index < -0.39 is 10.0 Å². The summed E-state index contributed by atoms with van der Waals surface area (Å²) in [5.74, 6) is 0.923. The Morgan fingerprint density at radius 3 is 2.86 bits per heavy atom. The van der Waals surface area contributed by atoms with Crippen molar-refractivity contribution in [1.29, 1.82) is 0 Å². The van der Waals surface area contributed by atoms with Crippen LogP contribution in [0.3, 0.4) is 0 Å². The second-order valence-corrected chi connectivity index (χ2v) is 7.79. The second kappa shape index (κ2) is 7.09. The van der Waals surface area contributed by atoms with Gasteiger partial charge in [-0.05, 0) is 66.5 Å². The normalized spacial score (nSPS) is 23.0. The fraction of sp³-hybridized carbons (Fsp3) is 0.571. The van der Waals surface area contributed by atoms with Crippen LogP contribution in [0.25, 0.3) is 0 Å². The van der Waals surface area contributed by atoms with E-state index in [1.807, 2.05) is 13.8 Å². The summed E-state index contributed by atoms with van der Waals surface area (Å²) in [4.78, 5) is 0.253. The number of halogens is 1. The summed E-state index contributed by atoms with van der Waals surface area (Å²) >= 11 is 3.35. The molecule has 0 bridgehead atoms. The van der Waals surface area contributed by atoms with E-state index in [1.54, 1.807) is 18.2 Å². The van der Waals surface area contributed by atoms with Gasteiger partial charge in [0.2, 0.25) is 10.0 Å². The summed E-state index contributed by atoms with van der Waals surface area (Å²) in [5.41, 5.74) is 0. The van der Waals surface area contributed by atoms with Crippen LogP contribution in [0.4, 0.5) is 0 Å². The van der Waals surface area contributed by atoms with Crippen LogP contribution in [0.15, 0.2) is 27.6 Å². The highest BCUT2D eigenvalue weighted by molar-refractivity contribution is 9.10. The molecule has 7 heteroatoms. The van der Waals surface area contributed by atoms with Gasteiger partial charge in [0.25, 0.3) is 0 Å². The summed E-state index contributed by atoms with van der Waals surface area (Å²) in [6, 6.07) is 4.80. The molecule has 0 spiro atoms. The van der Waals surface area contributed by atoms with E-state index in [9.17, 15) is 8.42 Å². The number of benzene rings is 1. The van der Waals surface area contributed by atoms with E-state index in [-0.39, 0.29) is 16.9 Å². The van der Waals surface area contributed by atoms with Crippen LogP contribution >= 0.6 is 15.9 Å². The molecule has 2 atom stereocenters. The van der Waals surface area contributed by atoms with Crippen LogP contribution in [-0.2, 0) is 10.0 Å². The SMILES string of the molecule is CCOc1ccc(S(=O)(=O)NC2CCNCC2C)cc1Br. The predicted octanol–water partition coefficient (Wildman–Crippen LogP) is 2.12. The molecule has 21 heavy (non-hydrogen) atoms. The first-order valence-electron chi connectivity index (χ1n) is 7.09. The van der Waals surface area contributed by atoms with Crippen molar-refractivity contribution in [2.45, 2.75) is 31.2 Å². The largest absolute Gasteiger partial charge is 0.493 e. The zero-order chi connectivity index (χ0) is 15.5. The van der Waals surface area contributed by atoms with Crippen molar-refractivity contribution >= 4 is 26.0 Å². The highest BCUT2D eigenvalue weighted by Gasteiger charge is 2.27. The number of hydrogen-bond acceptors (Lipinski definition) is 4. The molecule has 1 aromatic carbocycles. The summed E-state index contributed by atoms with van der Waals surface area (Å²) in [6.07, 6.45) is 0.804. The van der Waals surface area contributed by atoms with E-state index in [1.165, 1.54) is 0 Å². The molecule has 1 aliphatic rings. The molecule has 1 aliphatic heterocycles. The van der Waals surface area contributed by atoms with Gasteiger partial charge in [-0.1, -0.05) is 6.92 Å². The lowest BCUT2D eigenvalue weighted by Crippen LogP contribution is -2.48. The van der Waals surface area contributed by atoms with Crippen LogP contribution in [-0.4, -0.2) is 34.2 Å². The number of piperidine rings is 1. The lowest BCUT2D eigenvalue weighted by atomic mass is 9.97. The first kappa shape index (κ1) is 16.7. The second-order valence-electron chi connectivity index (χ2n) is 5.22. The maximum absolute atomic E-state index is 12.5. The van der Waals surface area contributed by atoms with Gasteiger partial charge < -0.3 is 10.1 Å². The van der Waals surface area contributed by atoms with Crippen LogP contribution in [0.2, 0.25) is 0 Å². The van der Waals surface area contributed by atoms with Gasteiger partial charge in [0.1, 0.15) is 5.75 Å². The molecule has 2 N–H and O–H groups in total. The summed E-state index contributed by atoms with van der Waals surface area (Å²) in [7, 11) is -3.51. The van der Waals surface area contributed by atoms with Crippen LogP contribution in [0, 0.1) is 5.92 Å². The van der Waals surface area contributed by atoms with Crippen molar-refractivity contribution in [2.24, 2.45) is 5.92 Å². The number of hydrogen-bond donors (Lipinski definition) is 2. The summed E-state index contributed by atoms with van der Waals surface area (Å²) in [5, 5.41) is 3.26. The van der Waals surface area contributed by atoms with Gasteiger partial charge in [0.05, 0.1) is 16.0 Å². The van der Waals surface area contributed by atoms with Crippen molar-refractivity contribution in [3.8, 4) is 5.75 Å². The molecule has 1 fully saturated rings. The van der Waals surface area contributed by atoms with E-state index in [4.69, 9.17) is 4.74 Å². The molecule has 0 aliphatic carbocycles. The molecule has 0 aromatic heterocycles. The van der Waals surface area contributed by atoms with Gasteiger partial charge >= 0.3 is 0 Å². The fourth-order valence-electron chi connectivity index (χ4n) is 2.38. The molecule has 5 nitrogen and oxygen atoms in total. The fourth-order valence-corrected chi connectivity index (χ4v) is 4.43. The minimum atomic E-state index is -3.51. The van der Waals surface area contributed by atoms with Crippen LogP contribution < -0.4 is 14.8 Å². The Labute approximate surface area is 134 Å². The van der Waals surface area contributed by atoms with Gasteiger partial charge in [-0.25, -0.2) is 13.1 Å². The van der Waals surface area contributed by atoms with Gasteiger partial charge in [0.15, 0.2) is 0 Å². The Balaban J connectivity index is 2.17. The van der Waals surface area contributed by atoms with Crippen molar-refractivity contribution in [1.82, 2.24) is 10.0 Å². The number of rotatable bonds is 5. The smallest absolute Gasteiger partial charge is 0.240 e. The van der Waals surface area contributed by atoms with Gasteiger partial charge in [-0.2, -0.15) is 0 Å². The average Bonchev–Trinajstić information content (AvgIpc) is 2.43. The molecule has 2 rings (SSSR count). The van der Waals surface area contributed by atoms with Crippen molar-refractivity contribution in [3.05, 3.63) is 22.7 Å².